The molecule has 0 bridgehead atoms. The van der Waals surface area contributed by atoms with Crippen molar-refractivity contribution in [3.63, 3.8) is 0 Å². The molecule has 2 atom stereocenters. The fourth-order valence-corrected chi connectivity index (χ4v) is 2.79. The van der Waals surface area contributed by atoms with Gasteiger partial charge in [0, 0.05) is 6.20 Å². The third kappa shape index (κ3) is 2.95. The fourth-order valence-electron chi connectivity index (χ4n) is 2.79. The summed E-state index contributed by atoms with van der Waals surface area (Å²) >= 11 is 0. The van der Waals surface area contributed by atoms with Gasteiger partial charge in [-0.3, -0.25) is 5.32 Å². The lowest BCUT2D eigenvalue weighted by molar-refractivity contribution is -0.163. The molecule has 2 unspecified atom stereocenters. The number of nitrogens with zero attached hydrogens (tertiary/aromatic N) is 2. The lowest BCUT2D eigenvalue weighted by Gasteiger charge is -2.32. The molecule has 1 aliphatic heterocycles. The van der Waals surface area contributed by atoms with E-state index in [-0.39, 0.29) is 12.5 Å². The van der Waals surface area contributed by atoms with Crippen LogP contribution in [0.5, 0.6) is 0 Å². The molecule has 1 saturated heterocycles. The van der Waals surface area contributed by atoms with Crippen LogP contribution in [0.3, 0.4) is 0 Å². The number of aromatic nitrogens is 2. The Morgan fingerprint density at radius 1 is 1.10 bits per heavy atom. The summed E-state index contributed by atoms with van der Waals surface area (Å²) in [6.07, 6.45) is -1.19. The molecular weight excluding hydrogens is 279 g/mol. The van der Waals surface area contributed by atoms with Crippen LogP contribution in [0.1, 0.15) is 31.0 Å². The van der Waals surface area contributed by atoms with E-state index in [9.17, 15) is 13.2 Å². The largest absolute Gasteiger partial charge is 0.403 e. The van der Waals surface area contributed by atoms with Gasteiger partial charge in [-0.1, -0.05) is 18.2 Å². The van der Waals surface area contributed by atoms with Crippen LogP contribution in [0.15, 0.2) is 42.6 Å². The van der Waals surface area contributed by atoms with Crippen molar-refractivity contribution in [2.45, 2.75) is 37.5 Å². The molecule has 0 spiro atoms. The summed E-state index contributed by atoms with van der Waals surface area (Å²) in [6, 6.07) is 9.46. The summed E-state index contributed by atoms with van der Waals surface area (Å²) in [4.78, 5) is 0. The van der Waals surface area contributed by atoms with E-state index in [0.717, 1.165) is 11.4 Å². The summed E-state index contributed by atoms with van der Waals surface area (Å²) < 4.78 is 40.4. The first-order chi connectivity index (χ1) is 10.1. The van der Waals surface area contributed by atoms with Crippen molar-refractivity contribution < 1.29 is 13.2 Å². The van der Waals surface area contributed by atoms with Crippen molar-refractivity contribution in [2.24, 2.45) is 0 Å². The molecule has 3 nitrogen and oxygen atoms in total. The summed E-state index contributed by atoms with van der Waals surface area (Å²) in [5.74, 6) is 0. The molecule has 1 aliphatic rings. The van der Waals surface area contributed by atoms with Gasteiger partial charge < -0.3 is 0 Å². The number of rotatable bonds is 2. The normalized spacial score (nSPS) is 23.2. The van der Waals surface area contributed by atoms with Gasteiger partial charge in [0.05, 0.1) is 17.4 Å². The molecule has 112 valence electrons. The Morgan fingerprint density at radius 2 is 1.86 bits per heavy atom. The van der Waals surface area contributed by atoms with Crippen LogP contribution in [0.2, 0.25) is 0 Å². The second-order valence-electron chi connectivity index (χ2n) is 5.25. The van der Waals surface area contributed by atoms with Crippen molar-refractivity contribution >= 4 is 0 Å². The SMILES string of the molecule is FC(F)(F)C1CCCC(c2ccnn2-c2ccccc2)N1. The molecule has 21 heavy (non-hydrogen) atoms. The first-order valence-electron chi connectivity index (χ1n) is 6.98. The van der Waals surface area contributed by atoms with Crippen LogP contribution in [-0.4, -0.2) is 22.0 Å². The van der Waals surface area contributed by atoms with Gasteiger partial charge in [0.15, 0.2) is 0 Å². The van der Waals surface area contributed by atoms with Crippen molar-refractivity contribution in [1.29, 1.82) is 0 Å². The summed E-state index contributed by atoms with van der Waals surface area (Å²) in [5.41, 5.74) is 1.63. The lowest BCUT2D eigenvalue weighted by atomic mass is 9.96. The molecule has 1 aromatic carbocycles. The number of alkyl halides is 3. The van der Waals surface area contributed by atoms with E-state index < -0.39 is 12.2 Å². The van der Waals surface area contributed by atoms with Crippen molar-refractivity contribution in [3.8, 4) is 5.69 Å². The first kappa shape index (κ1) is 14.1. The zero-order valence-electron chi connectivity index (χ0n) is 11.3. The van der Waals surface area contributed by atoms with E-state index in [4.69, 9.17) is 0 Å². The molecule has 1 aromatic heterocycles. The smallest absolute Gasteiger partial charge is 0.298 e. The molecule has 6 heteroatoms. The van der Waals surface area contributed by atoms with Gasteiger partial charge in [0.2, 0.25) is 0 Å². The zero-order valence-corrected chi connectivity index (χ0v) is 11.3. The highest BCUT2D eigenvalue weighted by atomic mass is 19.4. The number of nitrogens with one attached hydrogen (secondary N) is 1. The van der Waals surface area contributed by atoms with Gasteiger partial charge in [-0.2, -0.15) is 18.3 Å². The Hall–Kier alpha value is -1.82. The second kappa shape index (κ2) is 5.52. The maximum Gasteiger partial charge on any atom is 0.403 e. The van der Waals surface area contributed by atoms with Crippen molar-refractivity contribution in [1.82, 2.24) is 15.1 Å². The third-order valence-electron chi connectivity index (χ3n) is 3.81. The monoisotopic (exact) mass is 295 g/mol. The highest BCUT2D eigenvalue weighted by Gasteiger charge is 2.42. The fraction of sp³-hybridized carbons (Fsp3) is 0.400. The summed E-state index contributed by atoms with van der Waals surface area (Å²) in [5, 5.41) is 6.96. The maximum atomic E-state index is 12.9. The van der Waals surface area contributed by atoms with E-state index in [2.05, 4.69) is 10.4 Å². The highest BCUT2D eigenvalue weighted by molar-refractivity contribution is 5.33. The quantitative estimate of drug-likeness (QED) is 0.917. The van der Waals surface area contributed by atoms with Crippen LogP contribution < -0.4 is 5.32 Å². The summed E-state index contributed by atoms with van der Waals surface area (Å²) in [7, 11) is 0. The molecule has 0 aliphatic carbocycles. The van der Waals surface area contributed by atoms with Gasteiger partial charge >= 0.3 is 6.18 Å². The van der Waals surface area contributed by atoms with Gasteiger partial charge in [-0.25, -0.2) is 4.68 Å². The Kier molecular flexibility index (Phi) is 3.71. The minimum Gasteiger partial charge on any atom is -0.298 e. The van der Waals surface area contributed by atoms with Crippen LogP contribution in [0.4, 0.5) is 13.2 Å². The molecule has 0 radical (unpaired) electrons. The number of piperidine rings is 1. The van der Waals surface area contributed by atoms with E-state index >= 15 is 0 Å². The van der Waals surface area contributed by atoms with Gasteiger partial charge in [-0.15, -0.1) is 0 Å². The second-order valence-corrected chi connectivity index (χ2v) is 5.25. The maximum absolute atomic E-state index is 12.9. The lowest BCUT2D eigenvalue weighted by Crippen LogP contribution is -2.47. The molecule has 2 aromatic rings. The van der Waals surface area contributed by atoms with Crippen molar-refractivity contribution in [2.75, 3.05) is 0 Å². The first-order valence-corrected chi connectivity index (χ1v) is 6.98. The predicted octanol–water partition coefficient (Wildman–Crippen LogP) is 3.62. The van der Waals surface area contributed by atoms with Gasteiger partial charge in [0.25, 0.3) is 0 Å². The topological polar surface area (TPSA) is 29.9 Å². The highest BCUT2D eigenvalue weighted by Crippen LogP contribution is 2.33. The third-order valence-corrected chi connectivity index (χ3v) is 3.81. The number of hydrogen-bond acceptors (Lipinski definition) is 2. The minimum absolute atomic E-state index is 0.138. The van der Waals surface area contributed by atoms with E-state index in [0.29, 0.717) is 12.8 Å². The van der Waals surface area contributed by atoms with Crippen LogP contribution in [0.25, 0.3) is 5.69 Å². The average Bonchev–Trinajstić information content (AvgIpc) is 2.97. The van der Waals surface area contributed by atoms with E-state index in [1.807, 2.05) is 30.3 Å². The Morgan fingerprint density at radius 3 is 2.57 bits per heavy atom. The standard InChI is InChI=1S/C15H16F3N3/c16-15(17,18)14-8-4-7-12(20-14)13-9-10-19-21(13)11-5-2-1-3-6-11/h1-3,5-6,9-10,12,14,20H,4,7-8H2. The molecule has 2 heterocycles. The number of hydrogen-bond donors (Lipinski definition) is 1. The van der Waals surface area contributed by atoms with Gasteiger partial charge in [0.1, 0.15) is 6.04 Å². The summed E-state index contributed by atoms with van der Waals surface area (Å²) in [6.45, 7) is 0. The molecule has 1 N–H and O–H groups in total. The minimum atomic E-state index is -4.20. The van der Waals surface area contributed by atoms with Crippen molar-refractivity contribution in [3.05, 3.63) is 48.3 Å². The van der Waals surface area contributed by atoms with Crippen LogP contribution in [-0.2, 0) is 0 Å². The molecule has 0 amide bonds. The molecule has 0 saturated carbocycles. The van der Waals surface area contributed by atoms with Crippen LogP contribution in [0, 0.1) is 0 Å². The van der Waals surface area contributed by atoms with E-state index in [1.54, 1.807) is 16.9 Å². The number of halogens is 3. The number of para-hydroxylation sites is 1. The molecule has 3 rings (SSSR count). The Labute approximate surface area is 120 Å². The zero-order chi connectivity index (χ0) is 14.9. The average molecular weight is 295 g/mol. The Bertz CT molecular complexity index is 592. The van der Waals surface area contributed by atoms with Crippen LogP contribution >= 0.6 is 0 Å². The predicted molar refractivity (Wildman–Crippen MR) is 73.1 cm³/mol. The van der Waals surface area contributed by atoms with Gasteiger partial charge in [-0.05, 0) is 37.5 Å². The molecule has 1 fully saturated rings. The van der Waals surface area contributed by atoms with E-state index in [1.165, 1.54) is 0 Å². The molecular formula is C15H16F3N3. The Balaban J connectivity index is 1.87. The number of benzene rings is 1.